The molecule has 3 aromatic carbocycles. The van der Waals surface area contributed by atoms with E-state index in [1.165, 1.54) is 14.2 Å². The maximum absolute atomic E-state index is 13.8. The van der Waals surface area contributed by atoms with Crippen molar-refractivity contribution in [2.45, 2.75) is 44.4 Å². The maximum Gasteiger partial charge on any atom is 0.408 e. The Bertz CT molecular complexity index is 1110. The number of amides is 3. The quantitative estimate of drug-likeness (QED) is 0.324. The van der Waals surface area contributed by atoms with Crippen molar-refractivity contribution < 1.29 is 24.0 Å². The molecule has 2 N–H and O–H groups in total. The van der Waals surface area contributed by atoms with Crippen LogP contribution in [0.4, 0.5) is 4.79 Å². The molecule has 0 spiro atoms. The number of nitrogens with one attached hydrogen (secondary N) is 2. The SMILES string of the molecule is CON(C)C(=O)[C@H](CC(=O)NC(c1ccccc1)(c1ccccc1)c1ccccc1)NC(=O)OC(C)(C)C. The van der Waals surface area contributed by atoms with E-state index in [4.69, 9.17) is 9.57 Å². The Kier molecular flexibility index (Phi) is 9.25. The summed E-state index contributed by atoms with van der Waals surface area (Å²) >= 11 is 0. The summed E-state index contributed by atoms with van der Waals surface area (Å²) in [4.78, 5) is 44.4. The molecule has 3 aromatic rings. The number of alkyl carbamates (subject to hydrolysis) is 1. The summed E-state index contributed by atoms with van der Waals surface area (Å²) in [6.07, 6.45) is -1.16. The van der Waals surface area contributed by atoms with E-state index in [1.807, 2.05) is 91.0 Å². The Morgan fingerprint density at radius 1 is 0.789 bits per heavy atom. The van der Waals surface area contributed by atoms with Crippen LogP contribution in [0.15, 0.2) is 91.0 Å². The molecule has 8 heteroatoms. The van der Waals surface area contributed by atoms with Crippen LogP contribution in [-0.4, -0.2) is 48.8 Å². The minimum Gasteiger partial charge on any atom is -0.444 e. The highest BCUT2D eigenvalue weighted by molar-refractivity contribution is 5.91. The highest BCUT2D eigenvalue weighted by Crippen LogP contribution is 2.36. The number of hydroxylamine groups is 2. The molecule has 3 amide bonds. The van der Waals surface area contributed by atoms with Crippen molar-refractivity contribution in [2.75, 3.05) is 14.2 Å². The van der Waals surface area contributed by atoms with E-state index in [0.717, 1.165) is 21.8 Å². The minimum atomic E-state index is -1.23. The fourth-order valence-electron chi connectivity index (χ4n) is 4.19. The number of benzene rings is 3. The molecule has 8 nitrogen and oxygen atoms in total. The Morgan fingerprint density at radius 2 is 1.21 bits per heavy atom. The number of ether oxygens (including phenoxy) is 1. The highest BCUT2D eigenvalue weighted by Gasteiger charge is 2.39. The molecule has 0 fully saturated rings. The van der Waals surface area contributed by atoms with E-state index in [0.29, 0.717) is 0 Å². The van der Waals surface area contributed by atoms with Crippen molar-refractivity contribution in [2.24, 2.45) is 0 Å². The second kappa shape index (κ2) is 12.4. The lowest BCUT2D eigenvalue weighted by Crippen LogP contribution is -2.53. The van der Waals surface area contributed by atoms with Crippen molar-refractivity contribution in [3.8, 4) is 0 Å². The molecule has 0 aliphatic carbocycles. The maximum atomic E-state index is 13.8. The third-order valence-corrected chi connectivity index (χ3v) is 5.91. The molecule has 3 rings (SSSR count). The van der Waals surface area contributed by atoms with E-state index in [9.17, 15) is 14.4 Å². The molecule has 0 saturated heterocycles. The van der Waals surface area contributed by atoms with E-state index < -0.39 is 35.1 Å². The molecule has 0 bridgehead atoms. The van der Waals surface area contributed by atoms with E-state index in [1.54, 1.807) is 20.8 Å². The number of hydrogen-bond acceptors (Lipinski definition) is 5. The van der Waals surface area contributed by atoms with Crippen LogP contribution in [0.25, 0.3) is 0 Å². The zero-order valence-electron chi connectivity index (χ0n) is 22.4. The number of nitrogens with zero attached hydrogens (tertiary/aromatic N) is 1. The van der Waals surface area contributed by atoms with Gasteiger partial charge in [-0.15, -0.1) is 0 Å². The van der Waals surface area contributed by atoms with Crippen LogP contribution in [0.3, 0.4) is 0 Å². The zero-order valence-corrected chi connectivity index (χ0v) is 22.4. The summed E-state index contributed by atoms with van der Waals surface area (Å²) in [6, 6.07) is 27.6. The number of carbonyl (C=O) groups is 3. The molecule has 38 heavy (non-hydrogen) atoms. The average molecular weight is 518 g/mol. The van der Waals surface area contributed by atoms with E-state index in [-0.39, 0.29) is 6.42 Å². The van der Waals surface area contributed by atoms with Gasteiger partial charge in [0.1, 0.15) is 17.2 Å². The van der Waals surface area contributed by atoms with Gasteiger partial charge in [-0.3, -0.25) is 14.4 Å². The van der Waals surface area contributed by atoms with E-state index >= 15 is 0 Å². The molecule has 0 radical (unpaired) electrons. The van der Waals surface area contributed by atoms with Crippen LogP contribution in [0, 0.1) is 0 Å². The van der Waals surface area contributed by atoms with Gasteiger partial charge in [-0.25, -0.2) is 9.86 Å². The van der Waals surface area contributed by atoms with Gasteiger partial charge in [0.15, 0.2) is 0 Å². The fraction of sp³-hybridized carbons (Fsp3) is 0.300. The smallest absolute Gasteiger partial charge is 0.408 e. The molecular weight excluding hydrogens is 482 g/mol. The molecular formula is C30H35N3O5. The summed E-state index contributed by atoms with van der Waals surface area (Å²) in [7, 11) is 2.74. The molecule has 0 saturated carbocycles. The van der Waals surface area contributed by atoms with Gasteiger partial charge >= 0.3 is 6.09 Å². The first-order valence-corrected chi connectivity index (χ1v) is 12.4. The second-order valence-electron chi connectivity index (χ2n) is 9.82. The van der Waals surface area contributed by atoms with Gasteiger partial charge < -0.3 is 15.4 Å². The Morgan fingerprint density at radius 3 is 1.58 bits per heavy atom. The number of rotatable bonds is 9. The monoisotopic (exact) mass is 517 g/mol. The average Bonchev–Trinajstić information content (AvgIpc) is 2.91. The second-order valence-corrected chi connectivity index (χ2v) is 9.82. The lowest BCUT2D eigenvalue weighted by atomic mass is 9.77. The normalized spacial score (nSPS) is 12.2. The van der Waals surface area contributed by atoms with Gasteiger partial charge in [0, 0.05) is 7.05 Å². The van der Waals surface area contributed by atoms with Crippen LogP contribution in [0.2, 0.25) is 0 Å². The summed E-state index contributed by atoms with van der Waals surface area (Å²) in [5.74, 6) is -1.06. The number of carbonyl (C=O) groups excluding carboxylic acids is 3. The zero-order chi connectivity index (χ0) is 27.8. The first kappa shape index (κ1) is 28.4. The topological polar surface area (TPSA) is 97.0 Å². The van der Waals surface area contributed by atoms with E-state index in [2.05, 4.69) is 10.6 Å². The molecule has 1 atom stereocenters. The van der Waals surface area contributed by atoms with Crippen molar-refractivity contribution in [3.63, 3.8) is 0 Å². The van der Waals surface area contributed by atoms with Crippen LogP contribution < -0.4 is 10.6 Å². The highest BCUT2D eigenvalue weighted by atomic mass is 16.7. The third-order valence-electron chi connectivity index (χ3n) is 5.91. The van der Waals surface area contributed by atoms with Crippen LogP contribution in [0.5, 0.6) is 0 Å². The largest absolute Gasteiger partial charge is 0.444 e. The Hall–Kier alpha value is -4.17. The van der Waals surface area contributed by atoms with Crippen molar-refractivity contribution in [1.29, 1.82) is 0 Å². The van der Waals surface area contributed by atoms with Crippen molar-refractivity contribution in [1.82, 2.24) is 15.7 Å². The predicted octanol–water partition coefficient (Wildman–Crippen LogP) is 4.40. The standard InChI is InChI=1S/C30H35N3O5/c1-29(2,3)38-28(36)31-25(27(35)33(4)37-5)21-26(34)32-30(22-15-9-6-10-16-22,23-17-11-7-12-18-23)24-19-13-8-14-20-24/h6-20,25H,21H2,1-5H3,(H,31,36)(H,32,34)/t25-/m0/s1. The summed E-state index contributed by atoms with van der Waals surface area (Å²) in [5, 5.41) is 6.70. The minimum absolute atomic E-state index is 0.347. The number of likely N-dealkylation sites (N-methyl/N-ethyl adjacent to an activating group) is 1. The van der Waals surface area contributed by atoms with Gasteiger partial charge in [-0.2, -0.15) is 0 Å². The molecule has 200 valence electrons. The first-order valence-electron chi connectivity index (χ1n) is 12.4. The Balaban J connectivity index is 2.03. The first-order chi connectivity index (χ1) is 18.1. The van der Waals surface area contributed by atoms with Crippen LogP contribution in [-0.2, 0) is 24.7 Å². The van der Waals surface area contributed by atoms with Gasteiger partial charge in [-0.05, 0) is 37.5 Å². The van der Waals surface area contributed by atoms with Gasteiger partial charge in [0.2, 0.25) is 5.91 Å². The fourth-order valence-corrected chi connectivity index (χ4v) is 4.19. The summed E-state index contributed by atoms with van der Waals surface area (Å²) < 4.78 is 5.33. The number of hydrogen-bond donors (Lipinski definition) is 2. The lowest BCUT2D eigenvalue weighted by molar-refractivity contribution is -0.171. The molecule has 0 aliphatic rings. The van der Waals surface area contributed by atoms with Gasteiger partial charge in [0.25, 0.3) is 5.91 Å². The third kappa shape index (κ3) is 6.98. The molecule has 0 unspecified atom stereocenters. The molecule has 0 aliphatic heterocycles. The Labute approximate surface area is 223 Å². The molecule has 0 aromatic heterocycles. The van der Waals surface area contributed by atoms with Gasteiger partial charge in [-0.1, -0.05) is 91.0 Å². The van der Waals surface area contributed by atoms with Crippen LogP contribution in [0.1, 0.15) is 43.9 Å². The van der Waals surface area contributed by atoms with Gasteiger partial charge in [0.05, 0.1) is 13.5 Å². The molecule has 0 heterocycles. The van der Waals surface area contributed by atoms with Crippen molar-refractivity contribution in [3.05, 3.63) is 108 Å². The van der Waals surface area contributed by atoms with Crippen molar-refractivity contribution >= 4 is 17.9 Å². The lowest BCUT2D eigenvalue weighted by Gasteiger charge is -2.37. The van der Waals surface area contributed by atoms with Crippen LogP contribution >= 0.6 is 0 Å². The summed E-state index contributed by atoms with van der Waals surface area (Å²) in [6.45, 7) is 5.14. The predicted molar refractivity (Wildman–Crippen MR) is 145 cm³/mol. The summed E-state index contributed by atoms with van der Waals surface area (Å²) in [5.41, 5.74) is 0.664.